The Bertz CT molecular complexity index is 834. The second kappa shape index (κ2) is 6.40. The molecule has 1 amide bonds. The molecule has 0 unspecified atom stereocenters. The minimum absolute atomic E-state index is 0.0248. The van der Waals surface area contributed by atoms with Crippen molar-refractivity contribution >= 4 is 11.6 Å². The molecule has 3 heteroatoms. The van der Waals surface area contributed by atoms with Crippen LogP contribution in [0.5, 0.6) is 5.75 Å². The summed E-state index contributed by atoms with van der Waals surface area (Å²) in [6.45, 7) is 12.4. The molecule has 1 aliphatic heterocycles. The summed E-state index contributed by atoms with van der Waals surface area (Å²) < 4.78 is 5.47. The van der Waals surface area contributed by atoms with Crippen LogP contribution in [-0.4, -0.2) is 13.0 Å². The molecule has 2 aromatic carbocycles. The van der Waals surface area contributed by atoms with Gasteiger partial charge in [0.15, 0.2) is 0 Å². The molecule has 0 aromatic heterocycles. The number of hydrogen-bond donors (Lipinski definition) is 0. The molecule has 25 heavy (non-hydrogen) atoms. The van der Waals surface area contributed by atoms with E-state index in [4.69, 9.17) is 4.74 Å². The number of carbonyl (C=O) groups excluding carboxylic acids is 1. The van der Waals surface area contributed by atoms with Gasteiger partial charge in [0.05, 0.1) is 13.2 Å². The molecular formula is C22H25NO2. The first kappa shape index (κ1) is 17.3. The maximum absolute atomic E-state index is 12.5. The summed E-state index contributed by atoms with van der Waals surface area (Å²) in [5, 5.41) is 0. The largest absolute Gasteiger partial charge is 0.496 e. The minimum Gasteiger partial charge on any atom is -0.496 e. The van der Waals surface area contributed by atoms with Gasteiger partial charge in [0, 0.05) is 17.3 Å². The van der Waals surface area contributed by atoms with E-state index in [0.29, 0.717) is 11.5 Å². The summed E-state index contributed by atoms with van der Waals surface area (Å²) in [5.74, 6) is 1.26. The summed E-state index contributed by atoms with van der Waals surface area (Å²) >= 11 is 0. The van der Waals surface area contributed by atoms with Crippen molar-refractivity contribution in [1.29, 1.82) is 0 Å². The zero-order chi connectivity index (χ0) is 18.3. The van der Waals surface area contributed by atoms with Gasteiger partial charge in [0.25, 0.3) is 5.91 Å². The summed E-state index contributed by atoms with van der Waals surface area (Å²) in [4.78, 5) is 14.3. The van der Waals surface area contributed by atoms with Gasteiger partial charge in [-0.15, -0.1) is 0 Å². The van der Waals surface area contributed by atoms with Crippen molar-refractivity contribution in [2.24, 2.45) is 0 Å². The number of β-lactam (4-membered cyclic amide) rings is 1. The van der Waals surface area contributed by atoms with Crippen LogP contribution in [0.2, 0.25) is 0 Å². The number of amides is 1. The molecule has 1 fully saturated rings. The lowest BCUT2D eigenvalue weighted by Crippen LogP contribution is -2.48. The molecule has 0 aliphatic carbocycles. The lowest BCUT2D eigenvalue weighted by molar-refractivity contribution is -0.118. The number of methoxy groups -OCH3 is 1. The first-order valence-corrected chi connectivity index (χ1v) is 8.62. The maximum atomic E-state index is 12.5. The van der Waals surface area contributed by atoms with Crippen LogP contribution in [0.15, 0.2) is 48.6 Å². The lowest BCUT2D eigenvalue weighted by atomic mass is 9.87. The first-order valence-electron chi connectivity index (χ1n) is 8.62. The topological polar surface area (TPSA) is 29.5 Å². The van der Waals surface area contributed by atoms with Crippen LogP contribution in [0, 0.1) is 13.8 Å². The summed E-state index contributed by atoms with van der Waals surface area (Å²) in [5.41, 5.74) is 6.07. The van der Waals surface area contributed by atoms with Gasteiger partial charge >= 0.3 is 0 Å². The lowest BCUT2D eigenvalue weighted by Gasteiger charge is -2.43. The van der Waals surface area contributed by atoms with Gasteiger partial charge in [-0.1, -0.05) is 44.7 Å². The van der Waals surface area contributed by atoms with E-state index in [1.807, 2.05) is 30.9 Å². The van der Waals surface area contributed by atoms with Gasteiger partial charge in [0.1, 0.15) is 5.75 Å². The standard InChI is InChI=1S/C22H25NO2/c1-13(2)17-7-9-18(10-8-17)21-16(5)22(24)23(21)19-11-14(3)15(4)20(12-19)25-6/h7-13,21H,5H2,1-4,6H3/t21-/m1/s1. The van der Waals surface area contributed by atoms with E-state index in [0.717, 1.165) is 28.1 Å². The Labute approximate surface area is 149 Å². The van der Waals surface area contributed by atoms with E-state index in [2.05, 4.69) is 44.7 Å². The van der Waals surface area contributed by atoms with Crippen LogP contribution < -0.4 is 9.64 Å². The highest BCUT2D eigenvalue weighted by atomic mass is 16.5. The van der Waals surface area contributed by atoms with Crippen LogP contribution in [-0.2, 0) is 4.79 Å². The molecular weight excluding hydrogens is 310 g/mol. The van der Waals surface area contributed by atoms with Crippen molar-refractivity contribution < 1.29 is 9.53 Å². The highest BCUT2D eigenvalue weighted by Crippen LogP contribution is 2.44. The van der Waals surface area contributed by atoms with Crippen molar-refractivity contribution in [2.75, 3.05) is 12.0 Å². The predicted molar refractivity (Wildman–Crippen MR) is 102 cm³/mol. The third kappa shape index (κ3) is 2.84. The Morgan fingerprint density at radius 3 is 2.32 bits per heavy atom. The molecule has 0 radical (unpaired) electrons. The molecule has 1 heterocycles. The van der Waals surface area contributed by atoms with Crippen molar-refractivity contribution in [3.05, 3.63) is 70.8 Å². The van der Waals surface area contributed by atoms with Crippen LogP contribution in [0.3, 0.4) is 0 Å². The number of rotatable bonds is 4. The summed E-state index contributed by atoms with van der Waals surface area (Å²) in [6.07, 6.45) is 0. The SMILES string of the molecule is C=C1C(=O)N(c2cc(C)c(C)c(OC)c2)[C@H]1c1ccc(C(C)C)cc1. The van der Waals surface area contributed by atoms with Crippen LogP contribution >= 0.6 is 0 Å². The zero-order valence-corrected chi connectivity index (χ0v) is 15.6. The third-order valence-corrected chi connectivity index (χ3v) is 5.10. The fourth-order valence-electron chi connectivity index (χ4n) is 3.32. The van der Waals surface area contributed by atoms with E-state index in [-0.39, 0.29) is 11.9 Å². The molecule has 0 spiro atoms. The molecule has 0 saturated carbocycles. The van der Waals surface area contributed by atoms with Gasteiger partial charge in [-0.25, -0.2) is 0 Å². The molecule has 130 valence electrons. The minimum atomic E-state index is -0.111. The van der Waals surface area contributed by atoms with E-state index in [1.165, 1.54) is 5.56 Å². The quantitative estimate of drug-likeness (QED) is 0.576. The van der Waals surface area contributed by atoms with Crippen molar-refractivity contribution in [3.63, 3.8) is 0 Å². The summed E-state index contributed by atoms with van der Waals surface area (Å²) in [7, 11) is 1.66. The molecule has 3 rings (SSSR count). The Morgan fingerprint density at radius 2 is 1.76 bits per heavy atom. The molecule has 1 saturated heterocycles. The van der Waals surface area contributed by atoms with E-state index >= 15 is 0 Å². The monoisotopic (exact) mass is 335 g/mol. The molecule has 1 atom stereocenters. The number of nitrogens with zero attached hydrogens (tertiary/aromatic N) is 1. The number of anilines is 1. The number of carbonyl (C=O) groups is 1. The number of ether oxygens (including phenoxy) is 1. The molecule has 2 aromatic rings. The van der Waals surface area contributed by atoms with Crippen molar-refractivity contribution in [2.45, 2.75) is 39.7 Å². The second-order valence-electron chi connectivity index (χ2n) is 7.01. The van der Waals surface area contributed by atoms with Crippen LogP contribution in [0.25, 0.3) is 0 Å². The predicted octanol–water partition coefficient (Wildman–Crippen LogP) is 5.08. The number of aryl methyl sites for hydroxylation is 1. The smallest absolute Gasteiger partial charge is 0.256 e. The van der Waals surface area contributed by atoms with Crippen molar-refractivity contribution in [1.82, 2.24) is 0 Å². The van der Waals surface area contributed by atoms with E-state index in [9.17, 15) is 4.79 Å². The van der Waals surface area contributed by atoms with E-state index < -0.39 is 0 Å². The first-order chi connectivity index (χ1) is 11.8. The van der Waals surface area contributed by atoms with Gasteiger partial charge in [-0.2, -0.15) is 0 Å². The third-order valence-electron chi connectivity index (χ3n) is 5.10. The van der Waals surface area contributed by atoms with Crippen LogP contribution in [0.4, 0.5) is 5.69 Å². The fraction of sp³-hybridized carbons (Fsp3) is 0.318. The van der Waals surface area contributed by atoms with E-state index in [1.54, 1.807) is 7.11 Å². The maximum Gasteiger partial charge on any atom is 0.256 e. The van der Waals surface area contributed by atoms with Gasteiger partial charge in [-0.3, -0.25) is 9.69 Å². The molecule has 0 N–H and O–H groups in total. The number of hydrogen-bond acceptors (Lipinski definition) is 2. The Balaban J connectivity index is 1.99. The second-order valence-corrected chi connectivity index (χ2v) is 7.01. The Kier molecular flexibility index (Phi) is 4.42. The van der Waals surface area contributed by atoms with Gasteiger partial charge in [0.2, 0.25) is 0 Å². The average Bonchev–Trinajstić information content (AvgIpc) is 2.61. The highest BCUT2D eigenvalue weighted by molar-refractivity contribution is 6.15. The van der Waals surface area contributed by atoms with Gasteiger partial charge in [-0.05, 0) is 48.1 Å². The molecule has 0 bridgehead atoms. The average molecular weight is 335 g/mol. The zero-order valence-electron chi connectivity index (χ0n) is 15.6. The van der Waals surface area contributed by atoms with Gasteiger partial charge < -0.3 is 4.74 Å². The normalized spacial score (nSPS) is 17.0. The Morgan fingerprint density at radius 1 is 1.12 bits per heavy atom. The Hall–Kier alpha value is -2.55. The molecule has 1 aliphatic rings. The van der Waals surface area contributed by atoms with Crippen molar-refractivity contribution in [3.8, 4) is 5.75 Å². The molecule has 3 nitrogen and oxygen atoms in total. The summed E-state index contributed by atoms with van der Waals surface area (Å²) in [6, 6.07) is 12.3. The van der Waals surface area contributed by atoms with Crippen LogP contribution in [0.1, 0.15) is 48.1 Å². The fourth-order valence-corrected chi connectivity index (χ4v) is 3.32. The number of benzene rings is 2. The highest BCUT2D eigenvalue weighted by Gasteiger charge is 2.42.